The number of nitrogens with one attached hydrogen (secondary N) is 1. The average Bonchev–Trinajstić information content (AvgIpc) is 2.04. The van der Waals surface area contributed by atoms with Gasteiger partial charge in [0.2, 0.25) is 0 Å². The fraction of sp³-hybridized carbons (Fsp3) is 0.444. The van der Waals surface area contributed by atoms with E-state index < -0.39 is 0 Å². The van der Waals surface area contributed by atoms with E-state index in [-0.39, 0.29) is 0 Å². The molecular formula is C9H14BrN3. The van der Waals surface area contributed by atoms with Crippen molar-refractivity contribution in [1.29, 1.82) is 0 Å². The molecule has 0 unspecified atom stereocenters. The fourth-order valence-electron chi connectivity index (χ4n) is 1.20. The second kappa shape index (κ2) is 4.58. The van der Waals surface area contributed by atoms with Gasteiger partial charge in [0.25, 0.3) is 0 Å². The topological polar surface area (TPSA) is 28.2 Å². The Bertz CT molecular complexity index is 286. The van der Waals surface area contributed by atoms with Crippen molar-refractivity contribution in [3.05, 3.63) is 22.3 Å². The predicted molar refractivity (Wildman–Crippen MR) is 59.0 cm³/mol. The Morgan fingerprint density at radius 2 is 2.23 bits per heavy atom. The maximum Gasteiger partial charge on any atom is 0.132 e. The zero-order valence-corrected chi connectivity index (χ0v) is 9.72. The number of rotatable bonds is 3. The molecule has 1 aromatic rings. The van der Waals surface area contributed by atoms with E-state index in [1.807, 2.05) is 32.2 Å². The Hall–Kier alpha value is -0.610. The molecule has 1 heterocycles. The van der Waals surface area contributed by atoms with Gasteiger partial charge < -0.3 is 10.2 Å². The zero-order valence-electron chi connectivity index (χ0n) is 8.13. The third-order valence-corrected chi connectivity index (χ3v) is 2.13. The molecule has 3 nitrogen and oxygen atoms in total. The van der Waals surface area contributed by atoms with Gasteiger partial charge in [-0.15, -0.1) is 0 Å². The molecule has 4 heteroatoms. The van der Waals surface area contributed by atoms with Crippen molar-refractivity contribution in [3.63, 3.8) is 0 Å². The van der Waals surface area contributed by atoms with Crippen molar-refractivity contribution >= 4 is 21.7 Å². The van der Waals surface area contributed by atoms with Gasteiger partial charge in [-0.25, -0.2) is 4.98 Å². The lowest BCUT2D eigenvalue weighted by Gasteiger charge is -2.15. The van der Waals surface area contributed by atoms with Gasteiger partial charge >= 0.3 is 0 Å². The van der Waals surface area contributed by atoms with Crippen LogP contribution in [0.5, 0.6) is 0 Å². The summed E-state index contributed by atoms with van der Waals surface area (Å²) in [6.45, 7) is 0.833. The minimum Gasteiger partial charge on any atom is -0.362 e. The summed E-state index contributed by atoms with van der Waals surface area (Å²) in [7, 11) is 5.92. The van der Waals surface area contributed by atoms with Gasteiger partial charge in [0.15, 0.2) is 0 Å². The number of aromatic nitrogens is 1. The van der Waals surface area contributed by atoms with Crippen LogP contribution in [-0.4, -0.2) is 26.1 Å². The lowest BCUT2D eigenvalue weighted by atomic mass is 10.2. The minimum atomic E-state index is 0.833. The van der Waals surface area contributed by atoms with E-state index in [1.54, 1.807) is 0 Å². The molecule has 72 valence electrons. The lowest BCUT2D eigenvalue weighted by molar-refractivity contribution is 0.807. The Labute approximate surface area is 87.3 Å². The van der Waals surface area contributed by atoms with E-state index in [4.69, 9.17) is 0 Å². The summed E-state index contributed by atoms with van der Waals surface area (Å²) in [5, 5.41) is 3.12. The fourth-order valence-corrected chi connectivity index (χ4v) is 1.58. The van der Waals surface area contributed by atoms with E-state index in [0.717, 1.165) is 16.8 Å². The number of hydrogen-bond acceptors (Lipinski definition) is 3. The van der Waals surface area contributed by atoms with Crippen LogP contribution in [0.15, 0.2) is 16.7 Å². The highest BCUT2D eigenvalue weighted by atomic mass is 79.9. The summed E-state index contributed by atoms with van der Waals surface area (Å²) >= 11 is 3.41. The van der Waals surface area contributed by atoms with Crippen molar-refractivity contribution in [2.24, 2.45) is 0 Å². The first kappa shape index (κ1) is 10.5. The van der Waals surface area contributed by atoms with Crippen molar-refractivity contribution in [3.8, 4) is 0 Å². The normalized spacial score (nSPS) is 10.2. The first-order chi connectivity index (χ1) is 6.15. The third kappa shape index (κ3) is 2.67. The molecule has 0 aromatic carbocycles. The smallest absolute Gasteiger partial charge is 0.132 e. The van der Waals surface area contributed by atoms with Gasteiger partial charge in [-0.1, -0.05) is 0 Å². The Morgan fingerprint density at radius 1 is 1.54 bits per heavy atom. The molecule has 0 aliphatic carbocycles. The molecule has 1 rings (SSSR count). The molecule has 0 fully saturated rings. The maximum absolute atomic E-state index is 4.34. The van der Waals surface area contributed by atoms with Gasteiger partial charge in [-0.2, -0.15) is 0 Å². The van der Waals surface area contributed by atoms with Crippen molar-refractivity contribution in [2.75, 3.05) is 26.0 Å². The van der Waals surface area contributed by atoms with Crippen molar-refractivity contribution in [1.82, 2.24) is 10.3 Å². The van der Waals surface area contributed by atoms with Gasteiger partial charge in [0.1, 0.15) is 5.82 Å². The van der Waals surface area contributed by atoms with Crippen LogP contribution < -0.4 is 10.2 Å². The predicted octanol–water partition coefficient (Wildman–Crippen LogP) is 1.63. The molecule has 0 saturated carbocycles. The largest absolute Gasteiger partial charge is 0.362 e. The summed E-state index contributed by atoms with van der Waals surface area (Å²) in [6.07, 6.45) is 1.81. The summed E-state index contributed by atoms with van der Waals surface area (Å²) in [5.74, 6) is 1.01. The molecule has 1 aromatic heterocycles. The molecular weight excluding hydrogens is 230 g/mol. The summed E-state index contributed by atoms with van der Waals surface area (Å²) in [5.41, 5.74) is 1.20. The van der Waals surface area contributed by atoms with Crippen LogP contribution in [0.3, 0.4) is 0 Å². The van der Waals surface area contributed by atoms with E-state index in [2.05, 4.69) is 32.3 Å². The Kier molecular flexibility index (Phi) is 3.69. The quantitative estimate of drug-likeness (QED) is 0.875. The third-order valence-electron chi connectivity index (χ3n) is 1.70. The van der Waals surface area contributed by atoms with E-state index in [0.29, 0.717) is 0 Å². The molecule has 0 spiro atoms. The molecule has 0 atom stereocenters. The first-order valence-corrected chi connectivity index (χ1v) is 4.90. The average molecular weight is 244 g/mol. The molecule has 0 amide bonds. The van der Waals surface area contributed by atoms with Crippen molar-refractivity contribution in [2.45, 2.75) is 6.54 Å². The SMILES string of the molecule is CNCc1cc(Br)cnc1N(C)C. The number of nitrogens with zero attached hydrogens (tertiary/aromatic N) is 2. The van der Waals surface area contributed by atoms with E-state index in [9.17, 15) is 0 Å². The van der Waals surface area contributed by atoms with E-state index >= 15 is 0 Å². The highest BCUT2D eigenvalue weighted by molar-refractivity contribution is 9.10. The van der Waals surface area contributed by atoms with Gasteiger partial charge in [-0.3, -0.25) is 0 Å². The highest BCUT2D eigenvalue weighted by Crippen LogP contribution is 2.19. The molecule has 13 heavy (non-hydrogen) atoms. The second-order valence-corrected chi connectivity index (χ2v) is 3.98. The monoisotopic (exact) mass is 243 g/mol. The van der Waals surface area contributed by atoms with Gasteiger partial charge in [0.05, 0.1) is 0 Å². The van der Waals surface area contributed by atoms with Crippen LogP contribution in [0.2, 0.25) is 0 Å². The molecule has 0 aliphatic rings. The zero-order chi connectivity index (χ0) is 9.84. The summed E-state index contributed by atoms with van der Waals surface area (Å²) in [6, 6.07) is 2.08. The van der Waals surface area contributed by atoms with Gasteiger partial charge in [-0.05, 0) is 29.0 Å². The molecule has 0 bridgehead atoms. The molecule has 1 N–H and O–H groups in total. The van der Waals surface area contributed by atoms with Crippen LogP contribution in [0.1, 0.15) is 5.56 Å². The standard InChI is InChI=1S/C9H14BrN3/c1-11-5-7-4-8(10)6-12-9(7)13(2)3/h4,6,11H,5H2,1-3H3. The molecule has 0 aliphatic heterocycles. The van der Waals surface area contributed by atoms with Crippen LogP contribution in [0, 0.1) is 0 Å². The highest BCUT2D eigenvalue weighted by Gasteiger charge is 2.05. The Morgan fingerprint density at radius 3 is 2.77 bits per heavy atom. The Balaban J connectivity index is 3.03. The summed E-state index contributed by atoms with van der Waals surface area (Å²) < 4.78 is 1.02. The minimum absolute atomic E-state index is 0.833. The van der Waals surface area contributed by atoms with Crippen LogP contribution in [0.25, 0.3) is 0 Å². The number of pyridine rings is 1. The number of anilines is 1. The molecule has 0 radical (unpaired) electrons. The van der Waals surface area contributed by atoms with Crippen LogP contribution >= 0.6 is 15.9 Å². The molecule has 0 saturated heterocycles. The summed E-state index contributed by atoms with van der Waals surface area (Å²) in [4.78, 5) is 6.35. The second-order valence-electron chi connectivity index (χ2n) is 3.06. The van der Waals surface area contributed by atoms with Crippen LogP contribution in [0.4, 0.5) is 5.82 Å². The van der Waals surface area contributed by atoms with Crippen molar-refractivity contribution < 1.29 is 0 Å². The maximum atomic E-state index is 4.34. The van der Waals surface area contributed by atoms with Crippen LogP contribution in [-0.2, 0) is 6.54 Å². The van der Waals surface area contributed by atoms with E-state index in [1.165, 1.54) is 5.56 Å². The first-order valence-electron chi connectivity index (χ1n) is 4.11. The number of hydrogen-bond donors (Lipinski definition) is 1. The number of halogens is 1. The van der Waals surface area contributed by atoms with Gasteiger partial charge in [0, 0.05) is 36.9 Å². The lowest BCUT2D eigenvalue weighted by Crippen LogP contribution is -2.16.